The van der Waals surface area contributed by atoms with Gasteiger partial charge in [0.15, 0.2) is 11.5 Å². The topological polar surface area (TPSA) is 86.5 Å². The normalized spacial score (nSPS) is 12.4. The van der Waals surface area contributed by atoms with E-state index in [1.807, 2.05) is 6.92 Å². The minimum Gasteiger partial charge on any atom is -0.454 e. The second-order valence-electron chi connectivity index (χ2n) is 4.28. The lowest BCUT2D eigenvalue weighted by atomic mass is 10.2. The Morgan fingerprint density at radius 2 is 2.15 bits per heavy atom. The van der Waals surface area contributed by atoms with Crippen LogP contribution in [0.5, 0.6) is 11.5 Å². The molecule has 104 valence electrons. The Kier molecular flexibility index (Phi) is 3.24. The van der Waals surface area contributed by atoms with E-state index in [-0.39, 0.29) is 18.7 Å². The third-order valence-corrected chi connectivity index (χ3v) is 2.77. The number of ether oxygens (including phenoxy) is 2. The predicted octanol–water partition coefficient (Wildman–Crippen LogP) is 2.20. The summed E-state index contributed by atoms with van der Waals surface area (Å²) in [5, 5.41) is 10.2. The Morgan fingerprint density at radius 3 is 3.00 bits per heavy atom. The monoisotopic (exact) mass is 275 g/mol. The molecule has 0 saturated carbocycles. The summed E-state index contributed by atoms with van der Waals surface area (Å²) in [7, 11) is 0. The first kappa shape index (κ1) is 12.5. The summed E-state index contributed by atoms with van der Waals surface area (Å²) in [5.74, 6) is 1.49. The van der Waals surface area contributed by atoms with Gasteiger partial charge < -0.3 is 13.9 Å². The van der Waals surface area contributed by atoms with Gasteiger partial charge in [-0.25, -0.2) is 0 Å². The second-order valence-corrected chi connectivity index (χ2v) is 4.28. The number of carbonyl (C=O) groups is 1. The first-order valence-corrected chi connectivity index (χ1v) is 6.29. The molecule has 1 amide bonds. The Bertz CT molecular complexity index is 638. The third kappa shape index (κ3) is 2.42. The van der Waals surface area contributed by atoms with Gasteiger partial charge in [-0.15, -0.1) is 5.10 Å². The molecule has 0 radical (unpaired) electrons. The van der Waals surface area contributed by atoms with Crippen LogP contribution in [0.1, 0.15) is 19.8 Å². The van der Waals surface area contributed by atoms with E-state index in [4.69, 9.17) is 13.9 Å². The SMILES string of the molecule is CCCC(=O)Nc1nnc(-c2ccc3c(c2)OCO3)o1. The molecular formula is C13H13N3O4. The van der Waals surface area contributed by atoms with Gasteiger partial charge in [0.25, 0.3) is 0 Å². The molecule has 0 bridgehead atoms. The number of fused-ring (bicyclic) bond motifs is 1. The van der Waals surface area contributed by atoms with Crippen LogP contribution in [-0.4, -0.2) is 22.9 Å². The number of aromatic nitrogens is 2. The van der Waals surface area contributed by atoms with E-state index in [0.717, 1.165) is 6.42 Å². The van der Waals surface area contributed by atoms with Crippen molar-refractivity contribution < 1.29 is 18.7 Å². The number of nitrogens with one attached hydrogen (secondary N) is 1. The minimum atomic E-state index is -0.145. The van der Waals surface area contributed by atoms with Gasteiger partial charge in [-0.3, -0.25) is 10.1 Å². The van der Waals surface area contributed by atoms with E-state index in [1.165, 1.54) is 0 Å². The van der Waals surface area contributed by atoms with E-state index >= 15 is 0 Å². The van der Waals surface area contributed by atoms with Crippen molar-refractivity contribution in [2.75, 3.05) is 12.1 Å². The van der Waals surface area contributed by atoms with Crippen LogP contribution in [0.15, 0.2) is 22.6 Å². The maximum Gasteiger partial charge on any atom is 0.322 e. The highest BCUT2D eigenvalue weighted by molar-refractivity contribution is 5.88. The first-order valence-electron chi connectivity index (χ1n) is 6.29. The highest BCUT2D eigenvalue weighted by Gasteiger charge is 2.17. The molecule has 7 heteroatoms. The van der Waals surface area contributed by atoms with Gasteiger partial charge in [0.1, 0.15) is 0 Å². The Morgan fingerprint density at radius 1 is 1.30 bits per heavy atom. The molecule has 0 unspecified atom stereocenters. The van der Waals surface area contributed by atoms with Gasteiger partial charge >= 0.3 is 6.01 Å². The zero-order valence-electron chi connectivity index (χ0n) is 10.9. The molecule has 1 aliphatic rings. The van der Waals surface area contributed by atoms with Gasteiger partial charge in [-0.2, -0.15) is 0 Å². The number of benzene rings is 1. The molecule has 1 aromatic heterocycles. The maximum atomic E-state index is 11.4. The van der Waals surface area contributed by atoms with Crippen LogP contribution in [0.4, 0.5) is 6.01 Å². The van der Waals surface area contributed by atoms with E-state index < -0.39 is 0 Å². The standard InChI is InChI=1S/C13H13N3O4/c1-2-3-11(17)14-13-16-15-12(20-13)8-4-5-9-10(6-8)19-7-18-9/h4-6H,2-3,7H2,1H3,(H,14,16,17). The average Bonchev–Trinajstić information content (AvgIpc) is 3.06. The fraction of sp³-hybridized carbons (Fsp3) is 0.308. The smallest absolute Gasteiger partial charge is 0.322 e. The molecule has 0 atom stereocenters. The second kappa shape index (κ2) is 5.20. The predicted molar refractivity (Wildman–Crippen MR) is 69.4 cm³/mol. The lowest BCUT2D eigenvalue weighted by Crippen LogP contribution is -2.10. The average molecular weight is 275 g/mol. The molecule has 1 aromatic carbocycles. The molecule has 0 saturated heterocycles. The molecule has 1 N–H and O–H groups in total. The van der Waals surface area contributed by atoms with Gasteiger partial charge in [-0.1, -0.05) is 12.0 Å². The summed E-state index contributed by atoms with van der Waals surface area (Å²) in [6.07, 6.45) is 1.18. The van der Waals surface area contributed by atoms with Gasteiger partial charge in [0, 0.05) is 12.0 Å². The fourth-order valence-electron chi connectivity index (χ4n) is 1.83. The highest BCUT2D eigenvalue weighted by atomic mass is 16.7. The minimum absolute atomic E-state index is 0.0936. The molecule has 3 rings (SSSR count). The zero-order valence-corrected chi connectivity index (χ0v) is 10.9. The number of hydrogen-bond acceptors (Lipinski definition) is 6. The molecule has 0 fully saturated rings. The lowest BCUT2D eigenvalue weighted by Gasteiger charge is -1.98. The van der Waals surface area contributed by atoms with Crippen LogP contribution in [0.25, 0.3) is 11.5 Å². The lowest BCUT2D eigenvalue weighted by molar-refractivity contribution is -0.116. The van der Waals surface area contributed by atoms with Crippen LogP contribution in [0.3, 0.4) is 0 Å². The van der Waals surface area contributed by atoms with Crippen LogP contribution < -0.4 is 14.8 Å². The van der Waals surface area contributed by atoms with E-state index in [0.29, 0.717) is 29.4 Å². The van der Waals surface area contributed by atoms with Crippen LogP contribution in [0.2, 0.25) is 0 Å². The zero-order chi connectivity index (χ0) is 13.9. The number of rotatable bonds is 4. The number of nitrogens with zero attached hydrogens (tertiary/aromatic N) is 2. The summed E-state index contributed by atoms with van der Waals surface area (Å²) in [5.41, 5.74) is 0.706. The summed E-state index contributed by atoms with van der Waals surface area (Å²) in [6, 6.07) is 5.42. The van der Waals surface area contributed by atoms with Gasteiger partial charge in [-0.05, 0) is 24.6 Å². The summed E-state index contributed by atoms with van der Waals surface area (Å²) in [4.78, 5) is 11.4. The molecular weight excluding hydrogens is 262 g/mol. The largest absolute Gasteiger partial charge is 0.454 e. The van der Waals surface area contributed by atoms with Gasteiger partial charge in [0.05, 0.1) is 0 Å². The van der Waals surface area contributed by atoms with Crippen molar-refractivity contribution in [2.45, 2.75) is 19.8 Å². The number of carbonyl (C=O) groups excluding carboxylic acids is 1. The Balaban J connectivity index is 1.78. The Hall–Kier alpha value is -2.57. The molecule has 7 nitrogen and oxygen atoms in total. The van der Waals surface area contributed by atoms with Crippen molar-refractivity contribution in [3.63, 3.8) is 0 Å². The van der Waals surface area contributed by atoms with E-state index in [9.17, 15) is 4.79 Å². The van der Waals surface area contributed by atoms with Crippen molar-refractivity contribution in [3.8, 4) is 23.0 Å². The number of anilines is 1. The summed E-state index contributed by atoms with van der Waals surface area (Å²) < 4.78 is 15.9. The van der Waals surface area contributed by atoms with Crippen LogP contribution in [-0.2, 0) is 4.79 Å². The molecule has 2 aromatic rings. The van der Waals surface area contributed by atoms with E-state index in [1.54, 1.807) is 18.2 Å². The van der Waals surface area contributed by atoms with Gasteiger partial charge in [0.2, 0.25) is 18.6 Å². The summed E-state index contributed by atoms with van der Waals surface area (Å²) >= 11 is 0. The van der Waals surface area contributed by atoms with E-state index in [2.05, 4.69) is 15.5 Å². The molecule has 20 heavy (non-hydrogen) atoms. The Labute approximate surface area is 114 Å². The van der Waals surface area contributed by atoms with Crippen LogP contribution in [0, 0.1) is 0 Å². The molecule has 2 heterocycles. The van der Waals surface area contributed by atoms with Crippen molar-refractivity contribution in [1.29, 1.82) is 0 Å². The quantitative estimate of drug-likeness (QED) is 0.920. The highest BCUT2D eigenvalue weighted by Crippen LogP contribution is 2.35. The van der Waals surface area contributed by atoms with Crippen molar-refractivity contribution in [1.82, 2.24) is 10.2 Å². The summed E-state index contributed by atoms with van der Waals surface area (Å²) in [6.45, 7) is 2.13. The molecule has 0 aliphatic carbocycles. The first-order chi connectivity index (χ1) is 9.76. The van der Waals surface area contributed by atoms with Crippen molar-refractivity contribution in [3.05, 3.63) is 18.2 Å². The van der Waals surface area contributed by atoms with Crippen LogP contribution >= 0.6 is 0 Å². The van der Waals surface area contributed by atoms with Crippen molar-refractivity contribution in [2.24, 2.45) is 0 Å². The molecule has 1 aliphatic heterocycles. The maximum absolute atomic E-state index is 11.4. The molecule has 0 spiro atoms. The van der Waals surface area contributed by atoms with Crippen molar-refractivity contribution >= 4 is 11.9 Å². The number of amides is 1. The third-order valence-electron chi connectivity index (χ3n) is 2.77. The number of hydrogen-bond donors (Lipinski definition) is 1. The fourth-order valence-corrected chi connectivity index (χ4v) is 1.83.